The van der Waals surface area contributed by atoms with Crippen molar-refractivity contribution in [1.29, 1.82) is 0 Å². The maximum Gasteiger partial charge on any atom is 0.405 e. The molecule has 1 saturated carbocycles. The van der Waals surface area contributed by atoms with Gasteiger partial charge in [0, 0.05) is 17.4 Å². The first-order chi connectivity index (χ1) is 7.85. The zero-order valence-electron chi connectivity index (χ0n) is 9.59. The van der Waals surface area contributed by atoms with Crippen LogP contribution < -0.4 is 10.6 Å². The van der Waals surface area contributed by atoms with Gasteiger partial charge < -0.3 is 10.6 Å². The molecule has 5 heteroatoms. The Hall–Kier alpha value is -1.39. The topological polar surface area (TPSA) is 29.3 Å². The summed E-state index contributed by atoms with van der Waals surface area (Å²) in [5.74, 6) is 0. The van der Waals surface area contributed by atoms with Crippen LogP contribution in [0.1, 0.15) is 18.4 Å². The first-order valence-corrected chi connectivity index (χ1v) is 5.56. The van der Waals surface area contributed by atoms with E-state index in [4.69, 9.17) is 5.73 Å². The Bertz CT molecular complexity index is 390. The monoisotopic (exact) mass is 244 g/mol. The minimum Gasteiger partial charge on any atom is -0.399 e. The zero-order valence-corrected chi connectivity index (χ0v) is 9.59. The normalized spacial score (nSPS) is 16.0. The van der Waals surface area contributed by atoms with E-state index < -0.39 is 12.7 Å². The van der Waals surface area contributed by atoms with Crippen molar-refractivity contribution in [3.8, 4) is 0 Å². The van der Waals surface area contributed by atoms with Gasteiger partial charge in [-0.3, -0.25) is 0 Å². The number of alkyl halides is 3. The summed E-state index contributed by atoms with van der Waals surface area (Å²) in [5.41, 5.74) is 7.63. The molecular formula is C12H15F3N2. The van der Waals surface area contributed by atoms with Crippen molar-refractivity contribution in [2.24, 2.45) is 0 Å². The average Bonchev–Trinajstić information content (AvgIpc) is 2.94. The third-order valence-corrected chi connectivity index (χ3v) is 2.75. The summed E-state index contributed by atoms with van der Waals surface area (Å²) < 4.78 is 37.5. The summed E-state index contributed by atoms with van der Waals surface area (Å²) >= 11 is 0. The number of nitrogen functional groups attached to an aromatic ring is 1. The van der Waals surface area contributed by atoms with Crippen molar-refractivity contribution < 1.29 is 13.2 Å². The summed E-state index contributed by atoms with van der Waals surface area (Å²) in [4.78, 5) is 1.41. The van der Waals surface area contributed by atoms with Gasteiger partial charge in [0.05, 0.1) is 0 Å². The molecule has 0 saturated heterocycles. The Balaban J connectivity index is 2.26. The molecule has 1 aliphatic rings. The molecule has 0 radical (unpaired) electrons. The Morgan fingerprint density at radius 3 is 2.41 bits per heavy atom. The second-order valence-corrected chi connectivity index (χ2v) is 4.58. The zero-order chi connectivity index (χ0) is 12.6. The van der Waals surface area contributed by atoms with Crippen LogP contribution in [-0.4, -0.2) is 18.8 Å². The van der Waals surface area contributed by atoms with E-state index in [-0.39, 0.29) is 6.04 Å². The van der Waals surface area contributed by atoms with Crippen molar-refractivity contribution >= 4 is 11.4 Å². The van der Waals surface area contributed by atoms with Crippen molar-refractivity contribution in [2.75, 3.05) is 17.2 Å². The molecule has 2 rings (SSSR count). The molecular weight excluding hydrogens is 229 g/mol. The molecule has 0 aliphatic heterocycles. The molecule has 0 atom stereocenters. The van der Waals surface area contributed by atoms with Crippen molar-refractivity contribution in [1.82, 2.24) is 0 Å². The lowest BCUT2D eigenvalue weighted by Crippen LogP contribution is -2.36. The van der Waals surface area contributed by atoms with Gasteiger partial charge in [-0.2, -0.15) is 13.2 Å². The van der Waals surface area contributed by atoms with Crippen LogP contribution in [0.3, 0.4) is 0 Å². The van der Waals surface area contributed by atoms with Gasteiger partial charge in [-0.05, 0) is 43.5 Å². The summed E-state index contributed by atoms with van der Waals surface area (Å²) in [7, 11) is 0. The predicted molar refractivity (Wildman–Crippen MR) is 62.0 cm³/mol. The molecule has 17 heavy (non-hydrogen) atoms. The van der Waals surface area contributed by atoms with Gasteiger partial charge in [-0.15, -0.1) is 0 Å². The summed E-state index contributed by atoms with van der Waals surface area (Å²) in [6.45, 7) is 0.930. The highest BCUT2D eigenvalue weighted by atomic mass is 19.4. The Labute approximate surface area is 98.2 Å². The third-order valence-electron chi connectivity index (χ3n) is 2.75. The first-order valence-electron chi connectivity index (χ1n) is 5.56. The van der Waals surface area contributed by atoms with Crippen molar-refractivity contribution in [3.05, 3.63) is 23.8 Å². The molecule has 94 valence electrons. The molecule has 0 unspecified atom stereocenters. The maximum atomic E-state index is 12.5. The van der Waals surface area contributed by atoms with Crippen molar-refractivity contribution in [3.63, 3.8) is 0 Å². The minimum absolute atomic E-state index is 0.0119. The summed E-state index contributed by atoms with van der Waals surface area (Å²) in [6.07, 6.45) is -2.53. The highest BCUT2D eigenvalue weighted by Gasteiger charge is 2.38. The number of benzene rings is 1. The lowest BCUT2D eigenvalue weighted by Gasteiger charge is -2.26. The minimum atomic E-state index is -4.18. The second-order valence-electron chi connectivity index (χ2n) is 4.58. The number of hydrogen-bond donors (Lipinski definition) is 1. The van der Waals surface area contributed by atoms with E-state index in [1.165, 1.54) is 4.90 Å². The lowest BCUT2D eigenvalue weighted by molar-refractivity contribution is -0.120. The molecule has 0 aromatic heterocycles. The van der Waals surface area contributed by atoms with Crippen LogP contribution in [0.25, 0.3) is 0 Å². The predicted octanol–water partition coefficient (Wildman–Crippen LogP) is 3.11. The van der Waals surface area contributed by atoms with E-state index in [0.717, 1.165) is 18.4 Å². The highest BCUT2D eigenvalue weighted by molar-refractivity contribution is 5.59. The summed E-state index contributed by atoms with van der Waals surface area (Å²) in [6, 6.07) is 5.12. The number of nitrogens with zero attached hydrogens (tertiary/aromatic N) is 1. The number of rotatable bonds is 3. The van der Waals surface area contributed by atoms with E-state index in [1.807, 2.05) is 6.92 Å². The first kappa shape index (κ1) is 12.1. The number of aryl methyl sites for hydroxylation is 1. The fraction of sp³-hybridized carbons (Fsp3) is 0.500. The molecule has 1 fully saturated rings. The van der Waals surface area contributed by atoms with Crippen molar-refractivity contribution in [2.45, 2.75) is 32.0 Å². The summed E-state index contributed by atoms with van der Waals surface area (Å²) in [5, 5.41) is 0. The van der Waals surface area contributed by atoms with Gasteiger partial charge in [-0.25, -0.2) is 0 Å². The highest BCUT2D eigenvalue weighted by Crippen LogP contribution is 2.35. The van der Waals surface area contributed by atoms with Gasteiger partial charge in [0.15, 0.2) is 0 Å². The molecule has 0 bridgehead atoms. The second kappa shape index (κ2) is 4.13. The number of anilines is 2. The smallest absolute Gasteiger partial charge is 0.399 e. The van der Waals surface area contributed by atoms with E-state index in [2.05, 4.69) is 0 Å². The lowest BCUT2D eigenvalue weighted by atomic mass is 10.1. The Morgan fingerprint density at radius 1 is 1.29 bits per heavy atom. The van der Waals surface area contributed by atoms with Gasteiger partial charge in [0.25, 0.3) is 0 Å². The SMILES string of the molecule is Cc1cc(N)cc(N(CC(F)(F)F)C2CC2)c1. The average molecular weight is 244 g/mol. The molecule has 0 heterocycles. The Morgan fingerprint density at radius 2 is 1.94 bits per heavy atom. The van der Waals surface area contributed by atoms with Gasteiger partial charge >= 0.3 is 6.18 Å². The molecule has 2 N–H and O–H groups in total. The fourth-order valence-electron chi connectivity index (χ4n) is 1.97. The fourth-order valence-corrected chi connectivity index (χ4v) is 1.97. The molecule has 0 amide bonds. The molecule has 1 aliphatic carbocycles. The quantitative estimate of drug-likeness (QED) is 0.828. The van der Waals surface area contributed by atoms with Crippen LogP contribution in [0.2, 0.25) is 0 Å². The van der Waals surface area contributed by atoms with Crippen LogP contribution in [-0.2, 0) is 0 Å². The molecule has 1 aromatic carbocycles. The van der Waals surface area contributed by atoms with E-state index in [1.54, 1.807) is 18.2 Å². The standard InChI is InChI=1S/C12H15F3N2/c1-8-4-9(16)6-11(5-8)17(10-2-3-10)7-12(13,14)15/h4-6,10H,2-3,7,16H2,1H3. The van der Waals surface area contributed by atoms with Crippen LogP contribution in [0, 0.1) is 6.92 Å². The van der Waals surface area contributed by atoms with E-state index in [0.29, 0.717) is 11.4 Å². The van der Waals surface area contributed by atoms with E-state index >= 15 is 0 Å². The maximum absolute atomic E-state index is 12.5. The Kier molecular flexibility index (Phi) is 2.93. The number of hydrogen-bond acceptors (Lipinski definition) is 2. The van der Waals surface area contributed by atoms with Crippen LogP contribution in [0.5, 0.6) is 0 Å². The van der Waals surface area contributed by atoms with Crippen LogP contribution >= 0.6 is 0 Å². The van der Waals surface area contributed by atoms with E-state index in [9.17, 15) is 13.2 Å². The molecule has 1 aromatic rings. The number of halogens is 3. The third kappa shape index (κ3) is 3.28. The number of nitrogens with two attached hydrogens (primary N) is 1. The largest absolute Gasteiger partial charge is 0.405 e. The van der Waals surface area contributed by atoms with Gasteiger partial charge in [0.2, 0.25) is 0 Å². The van der Waals surface area contributed by atoms with Crippen LogP contribution in [0.15, 0.2) is 18.2 Å². The molecule has 2 nitrogen and oxygen atoms in total. The van der Waals surface area contributed by atoms with Crippen LogP contribution in [0.4, 0.5) is 24.5 Å². The van der Waals surface area contributed by atoms with Gasteiger partial charge in [-0.1, -0.05) is 0 Å². The molecule has 0 spiro atoms. The van der Waals surface area contributed by atoms with Gasteiger partial charge in [0.1, 0.15) is 6.54 Å².